The summed E-state index contributed by atoms with van der Waals surface area (Å²) in [6.07, 6.45) is 0. The molecule has 0 aliphatic carbocycles. The third kappa shape index (κ3) is 1.51. The minimum atomic E-state index is 0.658. The van der Waals surface area contributed by atoms with E-state index in [9.17, 15) is 0 Å². The molecule has 14 heavy (non-hydrogen) atoms. The highest BCUT2D eigenvalue weighted by molar-refractivity contribution is 5.49. The normalized spacial score (nSPS) is 10.5. The third-order valence-corrected chi connectivity index (χ3v) is 2.18. The molecule has 2 aromatic rings. The maximum atomic E-state index is 4.41. The van der Waals surface area contributed by atoms with Crippen LogP contribution in [0.25, 0.3) is 11.5 Å². The van der Waals surface area contributed by atoms with Gasteiger partial charge in [0.15, 0.2) is 5.82 Å². The first kappa shape index (κ1) is 8.87. The zero-order valence-corrected chi connectivity index (χ0v) is 8.50. The number of pyridine rings is 1. The van der Waals surface area contributed by atoms with Crippen molar-refractivity contribution in [3.8, 4) is 11.5 Å². The third-order valence-electron chi connectivity index (χ3n) is 2.18. The predicted octanol–water partition coefficient (Wildman–Crippen LogP) is 1.79. The van der Waals surface area contributed by atoms with E-state index in [1.54, 1.807) is 0 Å². The molecule has 0 fully saturated rings. The second-order valence-electron chi connectivity index (χ2n) is 3.34. The predicted molar refractivity (Wildman–Crippen MR) is 53.8 cm³/mol. The Bertz CT molecular complexity index is 459. The van der Waals surface area contributed by atoms with Crippen molar-refractivity contribution >= 4 is 0 Å². The SMILES string of the molecule is Cc1nc(-c2ccc(C)c(C)n2)n[nH]1. The Labute approximate surface area is 82.4 Å². The van der Waals surface area contributed by atoms with Crippen LogP contribution in [0.2, 0.25) is 0 Å². The van der Waals surface area contributed by atoms with Gasteiger partial charge in [-0.1, -0.05) is 6.07 Å². The van der Waals surface area contributed by atoms with Gasteiger partial charge in [-0.15, -0.1) is 0 Å². The van der Waals surface area contributed by atoms with E-state index in [4.69, 9.17) is 0 Å². The molecule has 0 spiro atoms. The maximum absolute atomic E-state index is 4.41. The number of rotatable bonds is 1. The van der Waals surface area contributed by atoms with E-state index in [-0.39, 0.29) is 0 Å². The van der Waals surface area contributed by atoms with E-state index in [1.807, 2.05) is 32.9 Å². The molecule has 0 radical (unpaired) electrons. The van der Waals surface area contributed by atoms with Crippen LogP contribution in [-0.4, -0.2) is 20.2 Å². The van der Waals surface area contributed by atoms with Gasteiger partial charge in [0.25, 0.3) is 0 Å². The molecule has 0 amide bonds. The van der Waals surface area contributed by atoms with Crippen LogP contribution in [0.5, 0.6) is 0 Å². The molecule has 0 unspecified atom stereocenters. The van der Waals surface area contributed by atoms with Crippen LogP contribution >= 0.6 is 0 Å². The molecular weight excluding hydrogens is 176 g/mol. The quantitative estimate of drug-likeness (QED) is 0.742. The Morgan fingerprint density at radius 3 is 2.43 bits per heavy atom. The molecule has 0 atom stereocenters. The summed E-state index contributed by atoms with van der Waals surface area (Å²) in [6, 6.07) is 3.97. The van der Waals surface area contributed by atoms with Crippen LogP contribution in [0.4, 0.5) is 0 Å². The summed E-state index contributed by atoms with van der Waals surface area (Å²) in [5, 5.41) is 6.86. The highest BCUT2D eigenvalue weighted by Crippen LogP contribution is 2.13. The zero-order chi connectivity index (χ0) is 10.1. The van der Waals surface area contributed by atoms with Gasteiger partial charge in [0, 0.05) is 5.69 Å². The summed E-state index contributed by atoms with van der Waals surface area (Å²) < 4.78 is 0. The number of nitrogens with zero attached hydrogens (tertiary/aromatic N) is 3. The van der Waals surface area contributed by atoms with Gasteiger partial charge in [-0.05, 0) is 32.4 Å². The summed E-state index contributed by atoms with van der Waals surface area (Å²) in [5.41, 5.74) is 3.02. The minimum Gasteiger partial charge on any atom is -0.263 e. The van der Waals surface area contributed by atoms with Crippen molar-refractivity contribution in [3.05, 3.63) is 29.2 Å². The molecule has 4 heteroatoms. The number of hydrogen-bond acceptors (Lipinski definition) is 3. The number of aryl methyl sites for hydroxylation is 3. The first-order valence-corrected chi connectivity index (χ1v) is 4.50. The molecule has 2 heterocycles. The Balaban J connectivity index is 2.47. The molecule has 0 aliphatic heterocycles. The molecule has 1 N–H and O–H groups in total. The lowest BCUT2D eigenvalue weighted by Crippen LogP contribution is -1.91. The first-order chi connectivity index (χ1) is 6.66. The standard InChI is InChI=1S/C10H12N4/c1-6-4-5-9(11-7(6)2)10-12-8(3)13-14-10/h4-5H,1-3H3,(H,12,13,14). The fourth-order valence-corrected chi connectivity index (χ4v) is 1.21. The molecule has 4 nitrogen and oxygen atoms in total. The highest BCUT2D eigenvalue weighted by atomic mass is 15.2. The molecular formula is C10H12N4. The summed E-state index contributed by atoms with van der Waals surface area (Å²) in [7, 11) is 0. The Morgan fingerprint density at radius 2 is 1.86 bits per heavy atom. The first-order valence-electron chi connectivity index (χ1n) is 4.50. The fraction of sp³-hybridized carbons (Fsp3) is 0.300. The van der Waals surface area contributed by atoms with Crippen molar-refractivity contribution in [3.63, 3.8) is 0 Å². The lowest BCUT2D eigenvalue weighted by molar-refractivity contribution is 1.03. The molecule has 72 valence electrons. The lowest BCUT2D eigenvalue weighted by atomic mass is 10.2. The zero-order valence-electron chi connectivity index (χ0n) is 8.50. The highest BCUT2D eigenvalue weighted by Gasteiger charge is 2.05. The van der Waals surface area contributed by atoms with Crippen LogP contribution in [-0.2, 0) is 0 Å². The average molecular weight is 188 g/mol. The van der Waals surface area contributed by atoms with Gasteiger partial charge >= 0.3 is 0 Å². The van der Waals surface area contributed by atoms with Gasteiger partial charge in [-0.2, -0.15) is 5.10 Å². The molecule has 0 aromatic carbocycles. The monoisotopic (exact) mass is 188 g/mol. The summed E-state index contributed by atoms with van der Waals surface area (Å²) >= 11 is 0. The van der Waals surface area contributed by atoms with Crippen molar-refractivity contribution in [2.45, 2.75) is 20.8 Å². The second kappa shape index (κ2) is 3.21. The molecule has 0 aliphatic rings. The van der Waals surface area contributed by atoms with E-state index in [1.165, 1.54) is 5.56 Å². The Morgan fingerprint density at radius 1 is 1.07 bits per heavy atom. The number of aromatic nitrogens is 4. The van der Waals surface area contributed by atoms with Gasteiger partial charge in [0.1, 0.15) is 11.5 Å². The molecule has 0 saturated carbocycles. The molecule has 2 rings (SSSR count). The number of hydrogen-bond donors (Lipinski definition) is 1. The average Bonchev–Trinajstić information content (AvgIpc) is 2.57. The van der Waals surface area contributed by atoms with Crippen LogP contribution in [0.1, 0.15) is 17.1 Å². The number of H-pyrrole nitrogens is 1. The van der Waals surface area contributed by atoms with Crippen LogP contribution in [0, 0.1) is 20.8 Å². The number of aromatic amines is 1. The van der Waals surface area contributed by atoms with Crippen molar-refractivity contribution < 1.29 is 0 Å². The number of nitrogens with one attached hydrogen (secondary N) is 1. The summed E-state index contributed by atoms with van der Waals surface area (Å²) in [6.45, 7) is 5.89. The Hall–Kier alpha value is -1.71. The van der Waals surface area contributed by atoms with Crippen LogP contribution in [0.15, 0.2) is 12.1 Å². The van der Waals surface area contributed by atoms with E-state index >= 15 is 0 Å². The van der Waals surface area contributed by atoms with Gasteiger partial charge in [-0.25, -0.2) is 9.97 Å². The summed E-state index contributed by atoms with van der Waals surface area (Å²) in [5.74, 6) is 1.46. The van der Waals surface area contributed by atoms with Crippen molar-refractivity contribution in [2.75, 3.05) is 0 Å². The molecule has 0 saturated heterocycles. The van der Waals surface area contributed by atoms with Crippen molar-refractivity contribution in [1.29, 1.82) is 0 Å². The topological polar surface area (TPSA) is 54.5 Å². The van der Waals surface area contributed by atoms with Crippen molar-refractivity contribution in [2.24, 2.45) is 0 Å². The second-order valence-corrected chi connectivity index (χ2v) is 3.34. The van der Waals surface area contributed by atoms with Gasteiger partial charge < -0.3 is 0 Å². The Kier molecular flexibility index (Phi) is 2.04. The molecule has 0 bridgehead atoms. The summed E-state index contributed by atoms with van der Waals surface area (Å²) in [4.78, 5) is 8.63. The lowest BCUT2D eigenvalue weighted by Gasteiger charge is -1.99. The minimum absolute atomic E-state index is 0.658. The van der Waals surface area contributed by atoms with Crippen LogP contribution in [0.3, 0.4) is 0 Å². The molecule has 2 aromatic heterocycles. The van der Waals surface area contributed by atoms with Crippen LogP contribution < -0.4 is 0 Å². The van der Waals surface area contributed by atoms with Crippen molar-refractivity contribution in [1.82, 2.24) is 20.2 Å². The van der Waals surface area contributed by atoms with Gasteiger partial charge in [0.2, 0.25) is 0 Å². The largest absolute Gasteiger partial charge is 0.263 e. The van der Waals surface area contributed by atoms with Gasteiger partial charge in [0.05, 0.1) is 0 Å². The fourth-order valence-electron chi connectivity index (χ4n) is 1.21. The van der Waals surface area contributed by atoms with E-state index < -0.39 is 0 Å². The van der Waals surface area contributed by atoms with Gasteiger partial charge in [-0.3, -0.25) is 5.10 Å². The van der Waals surface area contributed by atoms with E-state index in [0.29, 0.717) is 5.82 Å². The smallest absolute Gasteiger partial charge is 0.199 e. The van der Waals surface area contributed by atoms with E-state index in [2.05, 4.69) is 20.2 Å². The van der Waals surface area contributed by atoms with E-state index in [0.717, 1.165) is 17.2 Å². The maximum Gasteiger partial charge on any atom is 0.199 e.